The van der Waals surface area contributed by atoms with E-state index in [4.69, 9.17) is 14.6 Å². The number of benzene rings is 2. The van der Waals surface area contributed by atoms with Crippen LogP contribution in [0.1, 0.15) is 38.1 Å². The predicted octanol–water partition coefficient (Wildman–Crippen LogP) is 4.19. The van der Waals surface area contributed by atoms with Crippen LogP contribution in [0.3, 0.4) is 0 Å². The van der Waals surface area contributed by atoms with Crippen molar-refractivity contribution in [1.29, 1.82) is 0 Å². The van der Waals surface area contributed by atoms with E-state index in [1.54, 1.807) is 19.1 Å². The van der Waals surface area contributed by atoms with Gasteiger partial charge in [-0.1, -0.05) is 42.5 Å². The van der Waals surface area contributed by atoms with E-state index in [9.17, 15) is 14.4 Å². The third-order valence-corrected chi connectivity index (χ3v) is 5.61. The number of amides is 1. The second-order valence-electron chi connectivity index (χ2n) is 6.80. The molecule has 0 unspecified atom stereocenters. The number of hydrogen-bond donors (Lipinski definition) is 2. The van der Waals surface area contributed by atoms with Gasteiger partial charge in [0.2, 0.25) is 0 Å². The third kappa shape index (κ3) is 5.40. The predicted molar refractivity (Wildman–Crippen MR) is 122 cm³/mol. The fraction of sp³-hybridized carbons (Fsp3) is 0.208. The molecule has 0 spiro atoms. The van der Waals surface area contributed by atoms with Crippen LogP contribution in [0.2, 0.25) is 0 Å². The second kappa shape index (κ2) is 10.7. The lowest BCUT2D eigenvalue weighted by molar-refractivity contribution is -0.119. The van der Waals surface area contributed by atoms with E-state index in [1.165, 1.54) is 23.5 Å². The van der Waals surface area contributed by atoms with Gasteiger partial charge in [0.25, 0.3) is 5.91 Å². The molecule has 0 aliphatic carbocycles. The van der Waals surface area contributed by atoms with Gasteiger partial charge < -0.3 is 19.9 Å². The Balaban J connectivity index is 1.76. The molecule has 0 fully saturated rings. The average molecular weight is 454 g/mol. The molecule has 3 rings (SSSR count). The molecule has 1 amide bonds. The van der Waals surface area contributed by atoms with Crippen LogP contribution in [0.15, 0.2) is 54.6 Å². The fourth-order valence-electron chi connectivity index (χ4n) is 3.11. The number of carbonyl (C=O) groups excluding carboxylic acids is 3. The molecule has 2 aromatic carbocycles. The van der Waals surface area contributed by atoms with Crippen molar-refractivity contribution >= 4 is 34.2 Å². The molecule has 7 nitrogen and oxygen atoms in total. The number of thiophene rings is 1. The van der Waals surface area contributed by atoms with Crippen molar-refractivity contribution < 1.29 is 29.0 Å². The summed E-state index contributed by atoms with van der Waals surface area (Å²) in [5.74, 6) is -1.77. The highest BCUT2D eigenvalue weighted by Gasteiger charge is 2.25. The van der Waals surface area contributed by atoms with Gasteiger partial charge in [0, 0.05) is 10.4 Å². The van der Waals surface area contributed by atoms with Crippen LogP contribution in [0.4, 0.5) is 5.00 Å². The number of hydrogen-bond acceptors (Lipinski definition) is 7. The molecule has 0 radical (unpaired) electrons. The third-order valence-electron chi connectivity index (χ3n) is 4.59. The molecule has 1 heterocycles. The molecular weight excluding hydrogens is 430 g/mol. The van der Waals surface area contributed by atoms with Crippen molar-refractivity contribution in [2.45, 2.75) is 20.5 Å². The summed E-state index contributed by atoms with van der Waals surface area (Å²) in [4.78, 5) is 38.2. The minimum Gasteiger partial charge on any atom is -0.462 e. The Hall–Kier alpha value is -3.49. The highest BCUT2D eigenvalue weighted by Crippen LogP contribution is 2.40. The molecule has 1 aromatic heterocycles. The summed E-state index contributed by atoms with van der Waals surface area (Å²) in [6, 6.07) is 15.6. The Labute approximate surface area is 189 Å². The van der Waals surface area contributed by atoms with Crippen LogP contribution in [-0.4, -0.2) is 36.2 Å². The van der Waals surface area contributed by atoms with E-state index >= 15 is 0 Å². The number of rotatable bonds is 8. The van der Waals surface area contributed by atoms with Crippen molar-refractivity contribution in [2.75, 3.05) is 18.5 Å². The molecular formula is C24H23NO6S. The van der Waals surface area contributed by atoms with Gasteiger partial charge in [-0.05, 0) is 37.1 Å². The van der Waals surface area contributed by atoms with Crippen molar-refractivity contribution in [3.05, 3.63) is 76.2 Å². The molecule has 32 heavy (non-hydrogen) atoms. The standard InChI is InChI=1S/C24H23NO6S/c1-3-30-24(29)21-20(17-7-5-4-6-8-17)15(2)32-22(21)25-19(27)14-31-23(28)18-11-9-16(13-26)10-12-18/h4-12,26H,3,13-14H2,1-2H3,(H,25,27). The van der Waals surface area contributed by atoms with Gasteiger partial charge in [-0.3, -0.25) is 4.79 Å². The van der Waals surface area contributed by atoms with Gasteiger partial charge in [-0.2, -0.15) is 0 Å². The van der Waals surface area contributed by atoms with Crippen LogP contribution < -0.4 is 5.32 Å². The van der Waals surface area contributed by atoms with E-state index in [1.807, 2.05) is 37.3 Å². The smallest absolute Gasteiger partial charge is 0.341 e. The largest absolute Gasteiger partial charge is 0.462 e. The fourth-order valence-corrected chi connectivity index (χ4v) is 4.19. The molecule has 2 N–H and O–H groups in total. The van der Waals surface area contributed by atoms with Gasteiger partial charge in [0.15, 0.2) is 6.61 Å². The summed E-state index contributed by atoms with van der Waals surface area (Å²) < 4.78 is 10.3. The number of aryl methyl sites for hydroxylation is 1. The molecule has 3 aromatic rings. The Kier molecular flexibility index (Phi) is 7.75. The minimum atomic E-state index is -0.664. The highest BCUT2D eigenvalue weighted by molar-refractivity contribution is 7.17. The van der Waals surface area contributed by atoms with Crippen molar-refractivity contribution in [3.63, 3.8) is 0 Å². The van der Waals surface area contributed by atoms with E-state index < -0.39 is 24.5 Å². The zero-order valence-corrected chi connectivity index (χ0v) is 18.5. The maximum Gasteiger partial charge on any atom is 0.341 e. The first-order chi connectivity index (χ1) is 15.4. The molecule has 0 saturated carbocycles. The maximum absolute atomic E-state index is 12.7. The van der Waals surface area contributed by atoms with Crippen LogP contribution in [0, 0.1) is 6.92 Å². The SMILES string of the molecule is CCOC(=O)c1c(NC(=O)COC(=O)c2ccc(CO)cc2)sc(C)c1-c1ccccc1. The summed E-state index contributed by atoms with van der Waals surface area (Å²) in [6.45, 7) is 3.12. The zero-order valence-electron chi connectivity index (χ0n) is 17.7. The summed E-state index contributed by atoms with van der Waals surface area (Å²) in [6.07, 6.45) is 0. The number of aliphatic hydroxyl groups excluding tert-OH is 1. The maximum atomic E-state index is 12.7. The van der Waals surface area contributed by atoms with Crippen LogP contribution in [0.5, 0.6) is 0 Å². The lowest BCUT2D eigenvalue weighted by Crippen LogP contribution is -2.21. The number of nitrogens with one attached hydrogen (secondary N) is 1. The number of carbonyl (C=O) groups is 3. The van der Waals surface area contributed by atoms with E-state index in [2.05, 4.69) is 5.32 Å². The minimum absolute atomic E-state index is 0.133. The molecule has 0 atom stereocenters. The average Bonchev–Trinajstić information content (AvgIpc) is 3.13. The lowest BCUT2D eigenvalue weighted by atomic mass is 10.0. The van der Waals surface area contributed by atoms with Crippen LogP contribution in [-0.2, 0) is 20.9 Å². The summed E-state index contributed by atoms with van der Waals surface area (Å²) in [7, 11) is 0. The second-order valence-corrected chi connectivity index (χ2v) is 8.03. The van der Waals surface area contributed by atoms with Gasteiger partial charge in [0.1, 0.15) is 10.6 Å². The van der Waals surface area contributed by atoms with Crippen molar-refractivity contribution in [1.82, 2.24) is 0 Å². The number of esters is 2. The van der Waals surface area contributed by atoms with Crippen molar-refractivity contribution in [2.24, 2.45) is 0 Å². The first kappa shape index (κ1) is 23.2. The first-order valence-corrected chi connectivity index (χ1v) is 10.8. The van der Waals surface area contributed by atoms with Gasteiger partial charge >= 0.3 is 11.9 Å². The first-order valence-electron chi connectivity index (χ1n) is 9.97. The highest BCUT2D eigenvalue weighted by atomic mass is 32.1. The molecule has 8 heteroatoms. The topological polar surface area (TPSA) is 102 Å². The van der Waals surface area contributed by atoms with Gasteiger partial charge in [0.05, 0.1) is 18.8 Å². The molecule has 166 valence electrons. The summed E-state index contributed by atoms with van der Waals surface area (Å²) >= 11 is 1.26. The quantitative estimate of drug-likeness (QED) is 0.496. The molecule has 0 aliphatic rings. The Morgan fingerprint density at radius 1 is 0.969 bits per heavy atom. The lowest BCUT2D eigenvalue weighted by Gasteiger charge is -2.09. The Morgan fingerprint density at radius 2 is 1.66 bits per heavy atom. The van der Waals surface area contributed by atoms with E-state index in [0.717, 1.165) is 10.4 Å². The van der Waals surface area contributed by atoms with Crippen molar-refractivity contribution in [3.8, 4) is 11.1 Å². The molecule has 0 saturated heterocycles. The monoisotopic (exact) mass is 453 g/mol. The number of anilines is 1. The van der Waals surface area contributed by atoms with E-state index in [-0.39, 0.29) is 24.3 Å². The summed E-state index contributed by atoms with van der Waals surface area (Å²) in [5, 5.41) is 12.1. The van der Waals surface area contributed by atoms with Crippen LogP contribution in [0.25, 0.3) is 11.1 Å². The number of ether oxygens (including phenoxy) is 2. The van der Waals surface area contributed by atoms with Gasteiger partial charge in [-0.15, -0.1) is 11.3 Å². The Morgan fingerprint density at radius 3 is 2.28 bits per heavy atom. The normalized spacial score (nSPS) is 10.5. The van der Waals surface area contributed by atoms with Crippen LogP contribution >= 0.6 is 11.3 Å². The van der Waals surface area contributed by atoms with Gasteiger partial charge in [-0.25, -0.2) is 9.59 Å². The Bertz CT molecular complexity index is 1110. The number of aliphatic hydroxyl groups is 1. The summed E-state index contributed by atoms with van der Waals surface area (Å²) in [5.41, 5.74) is 2.74. The molecule has 0 aliphatic heterocycles. The van der Waals surface area contributed by atoms with E-state index in [0.29, 0.717) is 16.1 Å². The molecule has 0 bridgehead atoms. The zero-order chi connectivity index (χ0) is 23.1.